The van der Waals surface area contributed by atoms with Crippen molar-refractivity contribution in [3.63, 3.8) is 0 Å². The fraction of sp³-hybridized carbons (Fsp3) is 0.286. The van der Waals surface area contributed by atoms with E-state index in [1.54, 1.807) is 6.20 Å². The molecule has 2 nitrogen and oxygen atoms in total. The van der Waals surface area contributed by atoms with Crippen LogP contribution in [-0.2, 0) is 17.1 Å². The fourth-order valence-corrected chi connectivity index (χ4v) is 0.648. The van der Waals surface area contributed by atoms with Gasteiger partial charge in [-0.1, -0.05) is 6.07 Å². The van der Waals surface area contributed by atoms with Gasteiger partial charge in [-0.25, -0.2) is 4.98 Å². The topological polar surface area (TPSA) is 24.9 Å². The van der Waals surface area contributed by atoms with Crippen LogP contribution in [-0.4, -0.2) is 11.5 Å². The summed E-state index contributed by atoms with van der Waals surface area (Å²) in [6.45, 7) is 2.98. The minimum Gasteiger partial charge on any atom is -0.370 e. The van der Waals surface area contributed by atoms with E-state index >= 15 is 0 Å². The number of anilines is 1. The molecule has 0 unspecified atom stereocenters. The van der Waals surface area contributed by atoms with Gasteiger partial charge in [0.2, 0.25) is 0 Å². The molecule has 1 N–H and O–H groups in total. The van der Waals surface area contributed by atoms with Crippen molar-refractivity contribution in [3.8, 4) is 0 Å². The minimum absolute atomic E-state index is 0. The van der Waals surface area contributed by atoms with Crippen LogP contribution in [0.3, 0.4) is 0 Å². The van der Waals surface area contributed by atoms with Gasteiger partial charge in [-0.15, -0.1) is 0 Å². The summed E-state index contributed by atoms with van der Waals surface area (Å²) < 4.78 is 0. The molecule has 0 aliphatic heterocycles. The Balaban J connectivity index is 0.000000810. The Hall–Kier alpha value is -0.531. The van der Waals surface area contributed by atoms with E-state index in [1.807, 2.05) is 18.2 Å². The molecule has 3 heteroatoms. The van der Waals surface area contributed by atoms with Crippen LogP contribution >= 0.6 is 0 Å². The first-order valence-electron chi connectivity index (χ1n) is 3.08. The smallest absolute Gasteiger partial charge is 0.125 e. The molecule has 1 aromatic rings. The monoisotopic (exact) mass is 178 g/mol. The van der Waals surface area contributed by atoms with E-state index in [2.05, 4.69) is 17.2 Å². The van der Waals surface area contributed by atoms with E-state index < -0.39 is 0 Å². The van der Waals surface area contributed by atoms with Crippen LogP contribution in [0.5, 0.6) is 0 Å². The van der Waals surface area contributed by atoms with Gasteiger partial charge in [-0.2, -0.15) is 0 Å². The Morgan fingerprint density at radius 2 is 2.30 bits per heavy atom. The van der Waals surface area contributed by atoms with Crippen molar-refractivity contribution in [1.29, 1.82) is 0 Å². The molecular formula is C7H10FeN2. The largest absolute Gasteiger partial charge is 0.370 e. The van der Waals surface area contributed by atoms with Crippen LogP contribution in [0, 0.1) is 0 Å². The van der Waals surface area contributed by atoms with Gasteiger partial charge in [-0.05, 0) is 19.1 Å². The van der Waals surface area contributed by atoms with E-state index in [0.717, 1.165) is 12.4 Å². The van der Waals surface area contributed by atoms with Crippen molar-refractivity contribution in [3.05, 3.63) is 24.4 Å². The zero-order chi connectivity index (χ0) is 6.53. The Labute approximate surface area is 71.5 Å². The average Bonchev–Trinajstić information content (AvgIpc) is 1.91. The number of aromatic nitrogens is 1. The molecule has 1 heterocycles. The van der Waals surface area contributed by atoms with Crippen LogP contribution in [0.4, 0.5) is 5.82 Å². The van der Waals surface area contributed by atoms with Crippen molar-refractivity contribution in [1.82, 2.24) is 4.98 Å². The maximum absolute atomic E-state index is 4.06. The number of rotatable bonds is 2. The molecule has 0 aliphatic rings. The molecule has 0 aliphatic carbocycles. The van der Waals surface area contributed by atoms with Gasteiger partial charge in [0.15, 0.2) is 0 Å². The zero-order valence-electron chi connectivity index (χ0n) is 5.82. The maximum Gasteiger partial charge on any atom is 0.125 e. The van der Waals surface area contributed by atoms with Crippen LogP contribution < -0.4 is 5.32 Å². The number of nitrogens with zero attached hydrogens (tertiary/aromatic N) is 1. The first kappa shape index (κ1) is 9.47. The second-order valence-electron chi connectivity index (χ2n) is 1.75. The molecule has 1 aromatic heterocycles. The van der Waals surface area contributed by atoms with Gasteiger partial charge in [0, 0.05) is 29.8 Å². The van der Waals surface area contributed by atoms with Crippen molar-refractivity contribution in [2.45, 2.75) is 6.92 Å². The minimum atomic E-state index is 0. The summed E-state index contributed by atoms with van der Waals surface area (Å²) in [5.74, 6) is 0.944. The van der Waals surface area contributed by atoms with Crippen LogP contribution in [0.25, 0.3) is 0 Å². The van der Waals surface area contributed by atoms with Crippen molar-refractivity contribution >= 4 is 5.82 Å². The fourth-order valence-electron chi connectivity index (χ4n) is 0.648. The molecule has 10 heavy (non-hydrogen) atoms. The summed E-state index contributed by atoms with van der Waals surface area (Å²) in [7, 11) is 0. The third-order valence-corrected chi connectivity index (χ3v) is 1.02. The molecule has 0 atom stereocenters. The standard InChI is InChI=1S/C7H10N2.Fe/c1-2-8-7-5-3-4-6-9-7;/h3-6H,2H2,1H3,(H,8,9);. The molecule has 0 fully saturated rings. The van der Waals surface area contributed by atoms with E-state index in [0.29, 0.717) is 0 Å². The summed E-state index contributed by atoms with van der Waals surface area (Å²) >= 11 is 0. The van der Waals surface area contributed by atoms with E-state index in [-0.39, 0.29) is 17.1 Å². The van der Waals surface area contributed by atoms with E-state index in [9.17, 15) is 0 Å². The molecule has 0 saturated carbocycles. The quantitative estimate of drug-likeness (QED) is 0.694. The van der Waals surface area contributed by atoms with Gasteiger partial charge >= 0.3 is 0 Å². The zero-order valence-corrected chi connectivity index (χ0v) is 6.92. The van der Waals surface area contributed by atoms with Crippen molar-refractivity contribution in [2.24, 2.45) is 0 Å². The molecule has 0 aromatic carbocycles. The molecule has 0 bridgehead atoms. The normalized spacial score (nSPS) is 8.10. The summed E-state index contributed by atoms with van der Waals surface area (Å²) in [6, 6.07) is 5.81. The Morgan fingerprint density at radius 3 is 2.80 bits per heavy atom. The van der Waals surface area contributed by atoms with Crippen LogP contribution in [0.1, 0.15) is 6.92 Å². The first-order valence-corrected chi connectivity index (χ1v) is 3.08. The first-order chi connectivity index (χ1) is 4.43. The number of nitrogens with one attached hydrogen (secondary N) is 1. The molecule has 0 spiro atoms. The van der Waals surface area contributed by atoms with Gasteiger partial charge in [-0.3, -0.25) is 0 Å². The van der Waals surface area contributed by atoms with Gasteiger partial charge in [0.05, 0.1) is 0 Å². The SMILES string of the molecule is CCNc1ccccn1.[Fe]. The second kappa shape index (κ2) is 5.27. The third kappa shape index (κ3) is 2.85. The molecular weight excluding hydrogens is 168 g/mol. The Kier molecular flexibility index (Phi) is 4.99. The summed E-state index contributed by atoms with van der Waals surface area (Å²) in [4.78, 5) is 4.06. The van der Waals surface area contributed by atoms with Gasteiger partial charge in [0.25, 0.3) is 0 Å². The number of hydrogen-bond acceptors (Lipinski definition) is 2. The summed E-state index contributed by atoms with van der Waals surface area (Å²) in [6.07, 6.45) is 1.78. The van der Waals surface area contributed by atoms with Gasteiger partial charge < -0.3 is 5.32 Å². The average molecular weight is 178 g/mol. The van der Waals surface area contributed by atoms with Gasteiger partial charge in [0.1, 0.15) is 5.82 Å². The number of hydrogen-bond donors (Lipinski definition) is 1. The molecule has 0 radical (unpaired) electrons. The van der Waals surface area contributed by atoms with E-state index in [4.69, 9.17) is 0 Å². The molecule has 1 rings (SSSR count). The summed E-state index contributed by atoms with van der Waals surface area (Å²) in [5, 5.41) is 3.10. The maximum atomic E-state index is 4.06. The second-order valence-corrected chi connectivity index (χ2v) is 1.75. The third-order valence-electron chi connectivity index (χ3n) is 1.02. The molecule has 56 valence electrons. The van der Waals surface area contributed by atoms with E-state index in [1.165, 1.54) is 0 Å². The number of pyridine rings is 1. The molecule has 0 amide bonds. The van der Waals surface area contributed by atoms with Crippen molar-refractivity contribution in [2.75, 3.05) is 11.9 Å². The Morgan fingerprint density at radius 1 is 1.50 bits per heavy atom. The predicted octanol–water partition coefficient (Wildman–Crippen LogP) is 1.51. The Bertz CT molecular complexity index is 165. The predicted molar refractivity (Wildman–Crippen MR) is 38.4 cm³/mol. The molecule has 0 saturated heterocycles. The summed E-state index contributed by atoms with van der Waals surface area (Å²) in [5.41, 5.74) is 0. The van der Waals surface area contributed by atoms with Crippen molar-refractivity contribution < 1.29 is 17.1 Å². The van der Waals surface area contributed by atoms with Crippen LogP contribution in [0.2, 0.25) is 0 Å². The van der Waals surface area contributed by atoms with Crippen LogP contribution in [0.15, 0.2) is 24.4 Å².